The van der Waals surface area contributed by atoms with E-state index in [0.29, 0.717) is 19.8 Å². The van der Waals surface area contributed by atoms with Crippen LogP contribution in [0.5, 0.6) is 0 Å². The van der Waals surface area contributed by atoms with Gasteiger partial charge in [-0.1, -0.05) is 13.0 Å². The highest BCUT2D eigenvalue weighted by atomic mass is 32.2. The van der Waals surface area contributed by atoms with Crippen molar-refractivity contribution in [1.29, 1.82) is 0 Å². The maximum absolute atomic E-state index is 5.41. The summed E-state index contributed by atoms with van der Waals surface area (Å²) in [5.41, 5.74) is 0. The molecule has 0 aliphatic heterocycles. The van der Waals surface area contributed by atoms with Crippen molar-refractivity contribution in [2.45, 2.75) is 13.3 Å². The predicted octanol–water partition coefficient (Wildman–Crippen LogP) is 3.04. The minimum absolute atomic E-state index is 0.619. The van der Waals surface area contributed by atoms with Crippen LogP contribution in [0.1, 0.15) is 13.3 Å². The smallest absolute Gasteiger partial charge is 0.0704 e. The van der Waals surface area contributed by atoms with Gasteiger partial charge in [-0.05, 0) is 17.9 Å². The molecule has 0 bridgehead atoms. The Morgan fingerprint density at radius 1 is 1.13 bits per heavy atom. The van der Waals surface area contributed by atoms with Gasteiger partial charge in [-0.25, -0.2) is 0 Å². The third kappa shape index (κ3) is 14.4. The maximum atomic E-state index is 5.41. The van der Waals surface area contributed by atoms with E-state index in [2.05, 4.69) is 13.5 Å². The lowest BCUT2D eigenvalue weighted by molar-refractivity contribution is 0.0591. The van der Waals surface area contributed by atoms with E-state index < -0.39 is 0 Å². The second kappa shape index (κ2) is 14.4. The second-order valence-corrected chi connectivity index (χ2v) is 5.59. The van der Waals surface area contributed by atoms with E-state index >= 15 is 0 Å². The summed E-state index contributed by atoms with van der Waals surface area (Å²) in [5.74, 6) is 2.41. The highest BCUT2D eigenvalue weighted by Crippen LogP contribution is 2.11. The summed E-state index contributed by atoms with van der Waals surface area (Å²) in [5, 5.41) is 1.21. The van der Waals surface area contributed by atoms with Crippen LogP contribution in [0.2, 0.25) is 0 Å². The fraction of sp³-hybridized carbons (Fsp3) is 0.818. The Balaban J connectivity index is 2.83. The van der Waals surface area contributed by atoms with Gasteiger partial charge in [0.15, 0.2) is 0 Å². The molecule has 0 aliphatic carbocycles. The van der Waals surface area contributed by atoms with E-state index in [-0.39, 0.29) is 0 Å². The summed E-state index contributed by atoms with van der Waals surface area (Å²) >= 11 is 3.97. The van der Waals surface area contributed by atoms with E-state index in [1.165, 1.54) is 16.6 Å². The Hall–Kier alpha value is 0.360. The van der Waals surface area contributed by atoms with Crippen molar-refractivity contribution in [3.63, 3.8) is 0 Å². The molecule has 0 aromatic heterocycles. The number of hydrogen-bond donors (Lipinski definition) is 0. The molecule has 15 heavy (non-hydrogen) atoms. The fourth-order valence-corrected chi connectivity index (χ4v) is 2.78. The van der Waals surface area contributed by atoms with Crippen molar-refractivity contribution in [1.82, 2.24) is 0 Å². The van der Waals surface area contributed by atoms with Crippen LogP contribution in [-0.2, 0) is 9.47 Å². The fourth-order valence-electron chi connectivity index (χ4n) is 0.851. The third-order valence-corrected chi connectivity index (χ3v) is 3.87. The Kier molecular flexibility index (Phi) is 14.7. The Bertz CT molecular complexity index is 132. The average Bonchev–Trinajstić information content (AvgIpc) is 2.26. The van der Waals surface area contributed by atoms with Gasteiger partial charge in [0.25, 0.3) is 0 Å². The molecule has 90 valence electrons. The molecule has 0 heterocycles. The van der Waals surface area contributed by atoms with E-state index in [1.54, 1.807) is 6.08 Å². The van der Waals surface area contributed by atoms with Crippen molar-refractivity contribution in [3.05, 3.63) is 12.7 Å². The van der Waals surface area contributed by atoms with Gasteiger partial charge in [0, 0.05) is 11.7 Å². The van der Waals surface area contributed by atoms with Crippen LogP contribution in [0.25, 0.3) is 0 Å². The molecule has 0 aromatic carbocycles. The number of rotatable bonds is 12. The van der Waals surface area contributed by atoms with Crippen LogP contribution in [-0.4, -0.2) is 43.0 Å². The van der Waals surface area contributed by atoms with Crippen LogP contribution in [0, 0.1) is 0 Å². The lowest BCUT2D eigenvalue weighted by Gasteiger charge is -2.04. The summed E-state index contributed by atoms with van der Waals surface area (Å²) in [6.07, 6.45) is 2.89. The normalized spacial score (nSPS) is 10.5. The molecule has 0 aliphatic rings. The molecule has 0 aromatic rings. The molecule has 4 heteroatoms. The Morgan fingerprint density at radius 3 is 2.67 bits per heavy atom. The molecule has 0 N–H and O–H groups in total. The Labute approximate surface area is 102 Å². The molecule has 0 atom stereocenters. The van der Waals surface area contributed by atoms with E-state index in [4.69, 9.17) is 9.47 Å². The van der Waals surface area contributed by atoms with Gasteiger partial charge in [-0.3, -0.25) is 0 Å². The zero-order valence-electron chi connectivity index (χ0n) is 9.57. The monoisotopic (exact) mass is 250 g/mol. The van der Waals surface area contributed by atoms with E-state index in [1.807, 2.05) is 23.5 Å². The molecule has 0 radical (unpaired) electrons. The molecule has 0 spiro atoms. The quantitative estimate of drug-likeness (QED) is 0.301. The maximum Gasteiger partial charge on any atom is 0.0704 e. The van der Waals surface area contributed by atoms with Crippen LogP contribution in [0.3, 0.4) is 0 Å². The van der Waals surface area contributed by atoms with Crippen molar-refractivity contribution >= 4 is 23.5 Å². The number of ether oxygens (including phenoxy) is 2. The van der Waals surface area contributed by atoms with Gasteiger partial charge in [0.1, 0.15) is 0 Å². The molecule has 2 nitrogen and oxygen atoms in total. The molecule has 0 saturated heterocycles. The van der Waals surface area contributed by atoms with Crippen LogP contribution < -0.4 is 0 Å². The molecule has 0 saturated carbocycles. The minimum atomic E-state index is 0.619. The number of hydrogen-bond acceptors (Lipinski definition) is 4. The van der Waals surface area contributed by atoms with Gasteiger partial charge >= 0.3 is 0 Å². The van der Waals surface area contributed by atoms with Crippen LogP contribution in [0.15, 0.2) is 12.7 Å². The summed E-state index contributed by atoms with van der Waals surface area (Å²) in [4.78, 5) is 0. The predicted molar refractivity (Wildman–Crippen MR) is 71.9 cm³/mol. The first-order chi connectivity index (χ1) is 7.41. The van der Waals surface area contributed by atoms with Crippen molar-refractivity contribution in [2.75, 3.05) is 43.0 Å². The summed E-state index contributed by atoms with van der Waals surface area (Å²) < 4.78 is 10.6. The third-order valence-electron chi connectivity index (χ3n) is 1.56. The van der Waals surface area contributed by atoms with Gasteiger partial charge in [0.2, 0.25) is 0 Å². The SMILES string of the molecule is C=CCOCCOCCCSCSCC. The molecule has 0 fully saturated rings. The molecular weight excluding hydrogens is 228 g/mol. The molecular formula is C11H22O2S2. The van der Waals surface area contributed by atoms with Crippen molar-refractivity contribution in [2.24, 2.45) is 0 Å². The molecule has 0 rings (SSSR count). The molecule has 0 unspecified atom stereocenters. The summed E-state index contributed by atoms with van der Waals surface area (Å²) in [6, 6.07) is 0. The van der Waals surface area contributed by atoms with E-state index in [9.17, 15) is 0 Å². The topological polar surface area (TPSA) is 18.5 Å². The lowest BCUT2D eigenvalue weighted by atomic mass is 10.5. The zero-order valence-corrected chi connectivity index (χ0v) is 11.2. The van der Waals surface area contributed by atoms with E-state index in [0.717, 1.165) is 13.0 Å². The van der Waals surface area contributed by atoms with Gasteiger partial charge in [-0.2, -0.15) is 23.5 Å². The standard InChI is InChI=1S/C11H22O2S2/c1-3-6-12-8-9-13-7-5-10-15-11-14-4-2/h3H,1,4-11H2,2H3. The zero-order chi connectivity index (χ0) is 11.2. The number of thioether (sulfide) groups is 2. The van der Waals surface area contributed by atoms with Crippen molar-refractivity contribution in [3.8, 4) is 0 Å². The first-order valence-electron chi connectivity index (χ1n) is 5.33. The summed E-state index contributed by atoms with van der Waals surface area (Å²) in [7, 11) is 0. The van der Waals surface area contributed by atoms with Crippen LogP contribution >= 0.6 is 23.5 Å². The highest BCUT2D eigenvalue weighted by Gasteiger charge is 1.91. The first-order valence-corrected chi connectivity index (χ1v) is 7.64. The second-order valence-electron chi connectivity index (χ2n) is 2.85. The Morgan fingerprint density at radius 2 is 1.93 bits per heavy atom. The first kappa shape index (κ1) is 15.4. The van der Waals surface area contributed by atoms with Crippen LogP contribution in [0.4, 0.5) is 0 Å². The average molecular weight is 250 g/mol. The lowest BCUT2D eigenvalue weighted by Crippen LogP contribution is -2.05. The largest absolute Gasteiger partial charge is 0.379 e. The van der Waals surface area contributed by atoms with Gasteiger partial charge < -0.3 is 9.47 Å². The van der Waals surface area contributed by atoms with Gasteiger partial charge in [-0.15, -0.1) is 6.58 Å². The summed E-state index contributed by atoms with van der Waals surface area (Å²) in [6.45, 7) is 8.60. The van der Waals surface area contributed by atoms with Gasteiger partial charge in [0.05, 0.1) is 19.8 Å². The molecule has 0 amide bonds. The highest BCUT2D eigenvalue weighted by molar-refractivity contribution is 8.15. The minimum Gasteiger partial charge on any atom is -0.379 e. The van der Waals surface area contributed by atoms with Crippen molar-refractivity contribution < 1.29 is 9.47 Å².